The van der Waals surface area contributed by atoms with Crippen LogP contribution in [0.5, 0.6) is 0 Å². The van der Waals surface area contributed by atoms with E-state index in [9.17, 15) is 0 Å². The molecule has 0 aliphatic carbocycles. The van der Waals surface area contributed by atoms with Crippen LogP contribution in [0.3, 0.4) is 0 Å². The monoisotopic (exact) mass is 211 g/mol. The molecule has 0 aromatic heterocycles. The summed E-state index contributed by atoms with van der Waals surface area (Å²) in [5.74, 6) is 0. The Balaban J connectivity index is 0. The van der Waals surface area contributed by atoms with Gasteiger partial charge in [-0.15, -0.1) is 0 Å². The molecule has 4 nitrogen and oxygen atoms in total. The molecule has 13 heavy (non-hydrogen) atoms. The van der Waals surface area contributed by atoms with Crippen molar-refractivity contribution in [1.29, 1.82) is 0 Å². The first-order chi connectivity index (χ1) is 5.39. The van der Waals surface area contributed by atoms with E-state index in [2.05, 4.69) is 19.1 Å². The Morgan fingerprint density at radius 1 is 1.08 bits per heavy atom. The molecule has 68 valence electrons. The molecule has 0 aliphatic rings. The van der Waals surface area contributed by atoms with Crippen LogP contribution in [-0.2, 0) is 10.4 Å². The number of hydrogen-bond acceptors (Lipinski definition) is 4. The van der Waals surface area contributed by atoms with Gasteiger partial charge in [0.05, 0.1) is 0 Å². The van der Waals surface area contributed by atoms with Gasteiger partial charge >= 0.3 is 29.6 Å². The molecule has 0 unspecified atom stereocenters. The number of hydrogen-bond donors (Lipinski definition) is 0. The number of benzene rings is 1. The molecule has 0 spiro atoms. The third kappa shape index (κ3) is 18.8. The van der Waals surface area contributed by atoms with Crippen molar-refractivity contribution >= 4 is 10.4 Å². The zero-order valence-corrected chi connectivity index (χ0v) is 10.2. The minimum Gasteiger partial charge on any atom is -0.759 e. The van der Waals surface area contributed by atoms with Crippen LogP contribution in [0.25, 0.3) is 0 Å². The molecule has 0 N–H and O–H groups in total. The smallest absolute Gasteiger partial charge is 0.759 e. The largest absolute Gasteiger partial charge is 1.00 e. The second-order valence-electron chi connectivity index (χ2n) is 2.06. The third-order valence-electron chi connectivity index (χ3n) is 0.940. The molecule has 0 heterocycles. The maximum Gasteiger partial charge on any atom is 1.00 e. The van der Waals surface area contributed by atoms with Crippen LogP contribution in [0.2, 0.25) is 0 Å². The standard InChI is InChI=1S/C7H8.Na.H2O4S/c1-7-5-3-2-4-6-7;;1-5(2,3)4/h2-6H,1H3;;(H2,1,2,3,4)/q;+1;/p-2. The van der Waals surface area contributed by atoms with E-state index in [-0.39, 0.29) is 29.6 Å². The predicted octanol–water partition coefficient (Wildman–Crippen LogP) is -2.34. The average molecular weight is 211 g/mol. The van der Waals surface area contributed by atoms with E-state index >= 15 is 0 Å². The summed E-state index contributed by atoms with van der Waals surface area (Å²) in [5.41, 5.74) is 1.32. The molecule has 0 radical (unpaired) electrons. The first kappa shape index (κ1) is 15.6. The van der Waals surface area contributed by atoms with Crippen LogP contribution >= 0.6 is 0 Å². The normalized spacial score (nSPS) is 9.15. The van der Waals surface area contributed by atoms with Gasteiger partial charge in [0.2, 0.25) is 0 Å². The van der Waals surface area contributed by atoms with Crippen molar-refractivity contribution in [3.05, 3.63) is 35.9 Å². The van der Waals surface area contributed by atoms with Crippen LogP contribution < -0.4 is 29.6 Å². The first-order valence-corrected chi connectivity index (χ1v) is 4.41. The Hall–Kier alpha value is 0.0900. The Labute approximate surface area is 99.8 Å². The molecule has 0 atom stereocenters. The van der Waals surface area contributed by atoms with Crippen LogP contribution in [0.4, 0.5) is 0 Å². The molecule has 1 aromatic carbocycles. The van der Waals surface area contributed by atoms with Crippen molar-refractivity contribution in [2.24, 2.45) is 0 Å². The number of rotatable bonds is 0. The molecular weight excluding hydrogens is 203 g/mol. The van der Waals surface area contributed by atoms with Crippen molar-refractivity contribution in [3.8, 4) is 0 Å². The van der Waals surface area contributed by atoms with Gasteiger partial charge in [0.25, 0.3) is 0 Å². The SMILES string of the molecule is Cc1ccccc1.O=S(=O)([O-])[O-].[Na+]. The first-order valence-electron chi connectivity index (χ1n) is 3.08. The Morgan fingerprint density at radius 3 is 1.54 bits per heavy atom. The van der Waals surface area contributed by atoms with E-state index in [0.29, 0.717) is 0 Å². The van der Waals surface area contributed by atoms with Crippen LogP contribution in [0, 0.1) is 6.92 Å². The molecule has 0 amide bonds. The fraction of sp³-hybridized carbons (Fsp3) is 0.143. The molecule has 0 saturated heterocycles. The summed E-state index contributed by atoms with van der Waals surface area (Å²) in [6.07, 6.45) is 0. The maximum atomic E-state index is 8.52. The minimum atomic E-state index is -5.17. The van der Waals surface area contributed by atoms with Crippen molar-refractivity contribution < 1.29 is 47.1 Å². The van der Waals surface area contributed by atoms with E-state index in [4.69, 9.17) is 17.5 Å². The molecule has 1 rings (SSSR count). The second-order valence-corrected chi connectivity index (χ2v) is 2.88. The van der Waals surface area contributed by atoms with Gasteiger partial charge in [0.1, 0.15) is 0 Å². The quantitative estimate of drug-likeness (QED) is 0.273. The topological polar surface area (TPSA) is 80.3 Å². The maximum absolute atomic E-state index is 8.52. The molecule has 0 aliphatic heterocycles. The Kier molecular flexibility index (Phi) is 8.96. The Bertz CT molecular complexity index is 301. The van der Waals surface area contributed by atoms with E-state index in [1.165, 1.54) is 5.56 Å². The van der Waals surface area contributed by atoms with Crippen LogP contribution in [-0.4, -0.2) is 17.5 Å². The van der Waals surface area contributed by atoms with Gasteiger partial charge in [-0.25, -0.2) is 0 Å². The minimum absolute atomic E-state index is 0. The molecule has 0 fully saturated rings. The van der Waals surface area contributed by atoms with Gasteiger partial charge in [0.15, 0.2) is 0 Å². The number of aryl methyl sites for hydroxylation is 1. The summed E-state index contributed by atoms with van der Waals surface area (Å²) in [6.45, 7) is 2.08. The van der Waals surface area contributed by atoms with E-state index in [1.54, 1.807) is 0 Å². The summed E-state index contributed by atoms with van der Waals surface area (Å²) >= 11 is 0. The van der Waals surface area contributed by atoms with E-state index < -0.39 is 10.4 Å². The molecule has 1 aromatic rings. The van der Waals surface area contributed by atoms with Crippen molar-refractivity contribution in [2.75, 3.05) is 0 Å². The van der Waals surface area contributed by atoms with Gasteiger partial charge in [-0.3, -0.25) is 8.42 Å². The second kappa shape index (κ2) is 7.49. The van der Waals surface area contributed by atoms with Gasteiger partial charge in [-0.1, -0.05) is 35.9 Å². The third-order valence-corrected chi connectivity index (χ3v) is 0.940. The fourth-order valence-corrected chi connectivity index (χ4v) is 0.534. The fourth-order valence-electron chi connectivity index (χ4n) is 0.534. The molecular formula is C7H8NaO4S-. The molecule has 0 saturated carbocycles. The van der Waals surface area contributed by atoms with E-state index in [1.807, 2.05) is 18.2 Å². The van der Waals surface area contributed by atoms with Crippen molar-refractivity contribution in [1.82, 2.24) is 0 Å². The summed E-state index contributed by atoms with van der Waals surface area (Å²) in [5, 5.41) is 0. The van der Waals surface area contributed by atoms with Gasteiger partial charge < -0.3 is 9.11 Å². The Morgan fingerprint density at radius 2 is 1.38 bits per heavy atom. The summed E-state index contributed by atoms with van der Waals surface area (Å²) in [6, 6.07) is 10.3. The summed E-state index contributed by atoms with van der Waals surface area (Å²) < 4.78 is 34.1. The van der Waals surface area contributed by atoms with Crippen LogP contribution in [0.15, 0.2) is 30.3 Å². The summed E-state index contributed by atoms with van der Waals surface area (Å²) in [7, 11) is -5.17. The van der Waals surface area contributed by atoms with Crippen LogP contribution in [0.1, 0.15) is 5.56 Å². The predicted molar refractivity (Wildman–Crippen MR) is 41.7 cm³/mol. The van der Waals surface area contributed by atoms with Gasteiger partial charge in [0, 0.05) is 10.4 Å². The van der Waals surface area contributed by atoms with E-state index in [0.717, 1.165) is 0 Å². The van der Waals surface area contributed by atoms with Gasteiger partial charge in [-0.05, 0) is 6.92 Å². The van der Waals surface area contributed by atoms with Crippen molar-refractivity contribution in [2.45, 2.75) is 6.92 Å². The molecule has 6 heteroatoms. The zero-order chi connectivity index (χ0) is 9.61. The van der Waals surface area contributed by atoms with Gasteiger partial charge in [-0.2, -0.15) is 0 Å². The summed E-state index contributed by atoms with van der Waals surface area (Å²) in [4.78, 5) is 0. The average Bonchev–Trinajstić information content (AvgIpc) is 1.85. The van der Waals surface area contributed by atoms with Crippen molar-refractivity contribution in [3.63, 3.8) is 0 Å². The zero-order valence-electron chi connectivity index (χ0n) is 7.43. The molecule has 0 bridgehead atoms.